The highest BCUT2D eigenvalue weighted by atomic mass is 16.5. The summed E-state index contributed by atoms with van der Waals surface area (Å²) in [7, 11) is 0. The molecule has 0 radical (unpaired) electrons. The summed E-state index contributed by atoms with van der Waals surface area (Å²) in [5.74, 6) is 0.551. The summed E-state index contributed by atoms with van der Waals surface area (Å²) in [6.07, 6.45) is 3.02. The zero-order valence-corrected chi connectivity index (χ0v) is 16.9. The van der Waals surface area contributed by atoms with Crippen molar-refractivity contribution in [3.8, 4) is 5.69 Å². The molecule has 1 aromatic carbocycles. The molecule has 1 amide bonds. The minimum absolute atomic E-state index is 0.0423. The number of hydrogen-bond acceptors (Lipinski definition) is 4. The highest BCUT2D eigenvalue weighted by Gasteiger charge is 2.28. The van der Waals surface area contributed by atoms with Crippen molar-refractivity contribution in [3.05, 3.63) is 47.3 Å². The van der Waals surface area contributed by atoms with Crippen molar-refractivity contribution in [1.82, 2.24) is 20.0 Å². The van der Waals surface area contributed by atoms with E-state index in [9.17, 15) is 4.79 Å². The van der Waals surface area contributed by atoms with E-state index in [2.05, 4.69) is 29.2 Å². The molecule has 1 atom stereocenters. The Balaban J connectivity index is 1.43. The number of para-hydroxylation sites is 1. The van der Waals surface area contributed by atoms with Crippen molar-refractivity contribution in [2.75, 3.05) is 32.8 Å². The number of amides is 1. The van der Waals surface area contributed by atoms with Crippen molar-refractivity contribution in [1.29, 1.82) is 0 Å². The number of carbonyl (C=O) groups excluding carboxylic acids is 1. The zero-order valence-electron chi connectivity index (χ0n) is 16.9. The molecule has 2 heterocycles. The van der Waals surface area contributed by atoms with E-state index < -0.39 is 0 Å². The Kier molecular flexibility index (Phi) is 5.78. The molecule has 0 bridgehead atoms. The Morgan fingerprint density at radius 3 is 2.89 bits per heavy atom. The van der Waals surface area contributed by atoms with E-state index in [0.717, 1.165) is 56.8 Å². The summed E-state index contributed by atoms with van der Waals surface area (Å²) in [6, 6.07) is 10.1. The SMILES string of the molecule is CC(C)CN1CCOC(CNC(=O)c2nn(-c3ccccc3)c3c2CCC3)C1. The second-order valence-corrected chi connectivity index (χ2v) is 8.23. The van der Waals surface area contributed by atoms with E-state index >= 15 is 0 Å². The van der Waals surface area contributed by atoms with Crippen LogP contribution >= 0.6 is 0 Å². The number of hydrogen-bond donors (Lipinski definition) is 1. The maximum Gasteiger partial charge on any atom is 0.272 e. The lowest BCUT2D eigenvalue weighted by molar-refractivity contribution is -0.0295. The first-order chi connectivity index (χ1) is 13.6. The van der Waals surface area contributed by atoms with Crippen molar-refractivity contribution >= 4 is 5.91 Å². The number of benzene rings is 1. The molecule has 0 saturated carbocycles. The average molecular weight is 383 g/mol. The smallest absolute Gasteiger partial charge is 0.272 e. The summed E-state index contributed by atoms with van der Waals surface area (Å²) in [5, 5.41) is 7.74. The minimum atomic E-state index is -0.0857. The molecule has 1 N–H and O–H groups in total. The molecular formula is C22H30N4O2. The number of nitrogens with zero attached hydrogens (tertiary/aromatic N) is 3. The molecule has 6 heteroatoms. The topological polar surface area (TPSA) is 59.4 Å². The van der Waals surface area contributed by atoms with Gasteiger partial charge in [0.1, 0.15) is 0 Å². The Morgan fingerprint density at radius 1 is 1.29 bits per heavy atom. The van der Waals surface area contributed by atoms with Gasteiger partial charge in [-0.3, -0.25) is 9.69 Å². The lowest BCUT2D eigenvalue weighted by atomic mass is 10.1. The summed E-state index contributed by atoms with van der Waals surface area (Å²) >= 11 is 0. The van der Waals surface area contributed by atoms with Gasteiger partial charge in [-0.15, -0.1) is 0 Å². The average Bonchev–Trinajstić information content (AvgIpc) is 3.29. The highest BCUT2D eigenvalue weighted by molar-refractivity contribution is 5.94. The third kappa shape index (κ3) is 4.13. The van der Waals surface area contributed by atoms with Crippen LogP contribution in [0.4, 0.5) is 0 Å². The van der Waals surface area contributed by atoms with Gasteiger partial charge in [-0.25, -0.2) is 4.68 Å². The highest BCUT2D eigenvalue weighted by Crippen LogP contribution is 2.27. The number of aromatic nitrogens is 2. The van der Waals surface area contributed by atoms with Crippen LogP contribution in [0.2, 0.25) is 0 Å². The summed E-state index contributed by atoms with van der Waals surface area (Å²) in [4.78, 5) is 15.3. The van der Waals surface area contributed by atoms with Gasteiger partial charge in [0.25, 0.3) is 5.91 Å². The molecule has 1 fully saturated rings. The van der Waals surface area contributed by atoms with Gasteiger partial charge in [-0.05, 0) is 37.3 Å². The summed E-state index contributed by atoms with van der Waals surface area (Å²) < 4.78 is 7.80. The number of morpholine rings is 1. The minimum Gasteiger partial charge on any atom is -0.374 e. The molecule has 2 aromatic rings. The van der Waals surface area contributed by atoms with Crippen LogP contribution < -0.4 is 5.32 Å². The lowest BCUT2D eigenvalue weighted by Gasteiger charge is -2.33. The Hall–Kier alpha value is -2.18. The largest absolute Gasteiger partial charge is 0.374 e. The Morgan fingerprint density at radius 2 is 2.11 bits per heavy atom. The lowest BCUT2D eigenvalue weighted by Crippen LogP contribution is -2.48. The molecule has 1 aromatic heterocycles. The molecule has 2 aliphatic rings. The van der Waals surface area contributed by atoms with Crippen LogP contribution in [0.15, 0.2) is 30.3 Å². The zero-order chi connectivity index (χ0) is 19.5. The van der Waals surface area contributed by atoms with Crippen molar-refractivity contribution in [2.24, 2.45) is 5.92 Å². The van der Waals surface area contributed by atoms with Gasteiger partial charge in [-0.2, -0.15) is 5.10 Å². The van der Waals surface area contributed by atoms with Gasteiger partial charge in [0, 0.05) is 37.4 Å². The Labute approximate surface area is 166 Å². The molecule has 150 valence electrons. The number of ether oxygens (including phenoxy) is 1. The molecule has 0 spiro atoms. The van der Waals surface area contributed by atoms with E-state index in [4.69, 9.17) is 4.74 Å². The number of fused-ring (bicyclic) bond motifs is 1. The second kappa shape index (κ2) is 8.45. The molecule has 1 aliphatic heterocycles. The van der Waals surface area contributed by atoms with Crippen LogP contribution in [0, 0.1) is 5.92 Å². The third-order valence-electron chi connectivity index (χ3n) is 5.48. The second-order valence-electron chi connectivity index (χ2n) is 8.23. The molecule has 4 rings (SSSR count). The number of rotatable bonds is 6. The number of carbonyl (C=O) groups is 1. The monoisotopic (exact) mass is 382 g/mol. The van der Waals surface area contributed by atoms with Crippen molar-refractivity contribution < 1.29 is 9.53 Å². The van der Waals surface area contributed by atoms with Crippen LogP contribution in [0.1, 0.15) is 42.0 Å². The fraction of sp³-hybridized carbons (Fsp3) is 0.545. The molecule has 28 heavy (non-hydrogen) atoms. The molecule has 6 nitrogen and oxygen atoms in total. The Bertz CT molecular complexity index is 815. The van der Waals surface area contributed by atoms with Crippen molar-refractivity contribution in [3.63, 3.8) is 0 Å². The van der Waals surface area contributed by atoms with Crippen LogP contribution in [0.3, 0.4) is 0 Å². The van der Waals surface area contributed by atoms with Gasteiger partial charge in [0.05, 0.1) is 18.4 Å². The normalized spacial score (nSPS) is 19.8. The predicted molar refractivity (Wildman–Crippen MR) is 109 cm³/mol. The third-order valence-corrected chi connectivity index (χ3v) is 5.48. The standard InChI is InChI=1S/C22H30N4O2/c1-16(2)14-25-11-12-28-18(15-25)13-23-22(27)21-19-9-6-10-20(19)26(24-21)17-7-4-3-5-8-17/h3-5,7-8,16,18H,6,9-15H2,1-2H3,(H,23,27). The van der Waals surface area contributed by atoms with Crippen LogP contribution in [0.5, 0.6) is 0 Å². The molecule has 1 aliphatic carbocycles. The van der Waals surface area contributed by atoms with Crippen LogP contribution in [-0.2, 0) is 17.6 Å². The predicted octanol–water partition coefficient (Wildman–Crippen LogP) is 2.45. The van der Waals surface area contributed by atoms with E-state index in [1.54, 1.807) is 0 Å². The summed E-state index contributed by atoms with van der Waals surface area (Å²) in [5.41, 5.74) is 3.87. The maximum atomic E-state index is 12.9. The number of nitrogens with one attached hydrogen (secondary N) is 1. The van der Waals surface area contributed by atoms with Gasteiger partial charge in [0.2, 0.25) is 0 Å². The first-order valence-corrected chi connectivity index (χ1v) is 10.4. The molecular weight excluding hydrogens is 352 g/mol. The van der Waals surface area contributed by atoms with E-state index in [1.165, 1.54) is 5.69 Å². The van der Waals surface area contributed by atoms with Gasteiger partial charge < -0.3 is 10.1 Å². The van der Waals surface area contributed by atoms with Crippen LogP contribution in [-0.4, -0.2) is 59.5 Å². The fourth-order valence-electron chi connectivity index (χ4n) is 4.28. The fourth-order valence-corrected chi connectivity index (χ4v) is 4.28. The van der Waals surface area contributed by atoms with Gasteiger partial charge in [-0.1, -0.05) is 32.0 Å². The molecule has 1 saturated heterocycles. The van der Waals surface area contributed by atoms with E-state index in [0.29, 0.717) is 18.2 Å². The van der Waals surface area contributed by atoms with E-state index in [-0.39, 0.29) is 12.0 Å². The quantitative estimate of drug-likeness (QED) is 0.834. The van der Waals surface area contributed by atoms with E-state index in [1.807, 2.05) is 35.0 Å². The van der Waals surface area contributed by atoms with Gasteiger partial charge >= 0.3 is 0 Å². The first kappa shape index (κ1) is 19.2. The van der Waals surface area contributed by atoms with Crippen molar-refractivity contribution in [2.45, 2.75) is 39.2 Å². The maximum absolute atomic E-state index is 12.9. The summed E-state index contributed by atoms with van der Waals surface area (Å²) in [6.45, 7) is 8.63. The molecule has 1 unspecified atom stereocenters. The first-order valence-electron chi connectivity index (χ1n) is 10.4. The van der Waals surface area contributed by atoms with Gasteiger partial charge in [0.15, 0.2) is 5.69 Å². The van der Waals surface area contributed by atoms with Crippen LogP contribution in [0.25, 0.3) is 5.69 Å².